The van der Waals surface area contributed by atoms with E-state index in [1.165, 1.54) is 0 Å². The van der Waals surface area contributed by atoms with Crippen molar-refractivity contribution in [2.45, 2.75) is 20.3 Å². The van der Waals surface area contributed by atoms with Crippen LogP contribution in [0.2, 0.25) is 0 Å². The third-order valence-electron chi connectivity index (χ3n) is 4.08. The Labute approximate surface area is 170 Å². The summed E-state index contributed by atoms with van der Waals surface area (Å²) in [5.74, 6) is 0.381. The first-order chi connectivity index (χ1) is 14.2. The number of ether oxygens (including phenoxy) is 1. The first-order valence-corrected chi connectivity index (χ1v) is 9.51. The second-order valence-corrected chi connectivity index (χ2v) is 6.51. The molecule has 0 atom stereocenters. The third-order valence-corrected chi connectivity index (χ3v) is 4.08. The van der Waals surface area contributed by atoms with E-state index in [-0.39, 0.29) is 5.91 Å². The molecule has 0 aliphatic carbocycles. The molecule has 29 heavy (non-hydrogen) atoms. The minimum atomic E-state index is -0.362. The molecular formula is C23H24N4O2. The van der Waals surface area contributed by atoms with Crippen molar-refractivity contribution in [1.82, 2.24) is 15.6 Å². The lowest BCUT2D eigenvalue weighted by Gasteiger charge is -2.08. The highest BCUT2D eigenvalue weighted by Crippen LogP contribution is 2.28. The van der Waals surface area contributed by atoms with Crippen LogP contribution in [-0.4, -0.2) is 28.9 Å². The van der Waals surface area contributed by atoms with E-state index >= 15 is 0 Å². The molecule has 0 radical (unpaired) electrons. The zero-order chi connectivity index (χ0) is 20.5. The molecule has 0 aliphatic heterocycles. The van der Waals surface area contributed by atoms with E-state index < -0.39 is 0 Å². The summed E-state index contributed by atoms with van der Waals surface area (Å²) in [5.41, 5.74) is 6.32. The molecule has 6 nitrogen and oxygen atoms in total. The molecule has 0 bridgehead atoms. The summed E-state index contributed by atoms with van der Waals surface area (Å²) in [5, 5.41) is 11.0. The van der Waals surface area contributed by atoms with Gasteiger partial charge in [0.2, 0.25) is 0 Å². The maximum absolute atomic E-state index is 12.3. The summed E-state index contributed by atoms with van der Waals surface area (Å²) in [4.78, 5) is 12.3. The van der Waals surface area contributed by atoms with Crippen molar-refractivity contribution in [2.75, 3.05) is 6.61 Å². The van der Waals surface area contributed by atoms with Gasteiger partial charge in [-0.3, -0.25) is 9.89 Å². The number of benzene rings is 2. The van der Waals surface area contributed by atoms with Crippen LogP contribution in [0.25, 0.3) is 17.3 Å². The van der Waals surface area contributed by atoms with Crippen LogP contribution >= 0.6 is 0 Å². The fraction of sp³-hybridized carbons (Fsp3) is 0.174. The summed E-state index contributed by atoms with van der Waals surface area (Å²) >= 11 is 0. The van der Waals surface area contributed by atoms with E-state index in [4.69, 9.17) is 4.74 Å². The lowest BCUT2D eigenvalue weighted by Crippen LogP contribution is -2.17. The quantitative estimate of drug-likeness (QED) is 0.434. The molecule has 0 fully saturated rings. The molecule has 0 saturated heterocycles. The van der Waals surface area contributed by atoms with Gasteiger partial charge in [0.25, 0.3) is 5.91 Å². The highest BCUT2D eigenvalue weighted by atomic mass is 16.5. The number of hydrogen-bond acceptors (Lipinski definition) is 4. The molecule has 2 N–H and O–H groups in total. The zero-order valence-electron chi connectivity index (χ0n) is 16.6. The number of hydrazone groups is 1. The molecule has 1 amide bonds. The van der Waals surface area contributed by atoms with Gasteiger partial charge >= 0.3 is 0 Å². The predicted molar refractivity (Wildman–Crippen MR) is 116 cm³/mol. The Balaban J connectivity index is 1.65. The van der Waals surface area contributed by atoms with E-state index in [1.807, 2.05) is 67.6 Å². The van der Waals surface area contributed by atoms with Crippen LogP contribution in [0.15, 0.2) is 71.3 Å². The number of allylic oxidation sites excluding steroid dienone is 1. The molecule has 148 valence electrons. The number of carbonyl (C=O) groups excluding carboxylic acids is 1. The minimum absolute atomic E-state index is 0.326. The molecule has 3 aromatic rings. The lowest BCUT2D eigenvalue weighted by molar-refractivity contribution is 0.0950. The van der Waals surface area contributed by atoms with Crippen LogP contribution in [0, 0.1) is 0 Å². The molecule has 6 heteroatoms. The molecule has 0 aliphatic rings. The van der Waals surface area contributed by atoms with Gasteiger partial charge in [0.05, 0.1) is 18.5 Å². The molecular weight excluding hydrogens is 364 g/mol. The molecule has 1 heterocycles. The van der Waals surface area contributed by atoms with Gasteiger partial charge < -0.3 is 4.74 Å². The molecule has 1 aromatic heterocycles. The van der Waals surface area contributed by atoms with E-state index in [0.717, 1.165) is 28.9 Å². The summed E-state index contributed by atoms with van der Waals surface area (Å²) in [7, 11) is 0. The minimum Gasteiger partial charge on any atom is -0.493 e. The van der Waals surface area contributed by atoms with Crippen molar-refractivity contribution >= 4 is 18.2 Å². The van der Waals surface area contributed by atoms with Crippen molar-refractivity contribution in [3.05, 3.63) is 77.5 Å². The first kappa shape index (κ1) is 20.1. The van der Waals surface area contributed by atoms with Gasteiger partial charge in [-0.25, -0.2) is 5.43 Å². The van der Waals surface area contributed by atoms with Crippen molar-refractivity contribution in [1.29, 1.82) is 0 Å². The standard InChI is InChI=1S/C23H24N4O2/c1-3-13-29-22-12-8-7-11-19(22)20-15-21(26-25-20)23(28)27-24-16-17(2)14-18-9-5-4-6-10-18/h4-12,14-16H,3,13H2,1-2H3,(H,25,26)(H,27,28)/b17-14+,24-16-. The molecule has 2 aromatic carbocycles. The number of aromatic nitrogens is 2. The Morgan fingerprint density at radius 1 is 1.17 bits per heavy atom. The number of nitrogens with one attached hydrogen (secondary N) is 2. The largest absolute Gasteiger partial charge is 0.493 e. The van der Waals surface area contributed by atoms with E-state index in [2.05, 4.69) is 27.6 Å². The number of aromatic amines is 1. The fourth-order valence-corrected chi connectivity index (χ4v) is 2.69. The van der Waals surface area contributed by atoms with Crippen LogP contribution < -0.4 is 10.2 Å². The molecule has 0 saturated carbocycles. The monoisotopic (exact) mass is 388 g/mol. The highest BCUT2D eigenvalue weighted by molar-refractivity contribution is 5.94. The van der Waals surface area contributed by atoms with Gasteiger partial charge in [-0.1, -0.05) is 55.5 Å². The average Bonchev–Trinajstić information content (AvgIpc) is 3.23. The lowest BCUT2D eigenvalue weighted by atomic mass is 10.1. The van der Waals surface area contributed by atoms with E-state index in [0.29, 0.717) is 18.0 Å². The molecule has 0 spiro atoms. The van der Waals surface area contributed by atoms with Crippen molar-refractivity contribution < 1.29 is 9.53 Å². The summed E-state index contributed by atoms with van der Waals surface area (Å²) in [6.45, 7) is 4.60. The smallest absolute Gasteiger partial charge is 0.289 e. The summed E-state index contributed by atoms with van der Waals surface area (Å²) < 4.78 is 5.77. The number of rotatable bonds is 8. The number of amides is 1. The van der Waals surface area contributed by atoms with Crippen molar-refractivity contribution in [3.8, 4) is 17.0 Å². The van der Waals surface area contributed by atoms with Crippen LogP contribution in [0.5, 0.6) is 5.75 Å². The maximum Gasteiger partial charge on any atom is 0.289 e. The number of H-pyrrole nitrogens is 1. The molecule has 3 rings (SSSR count). The van der Waals surface area contributed by atoms with Gasteiger partial charge in [-0.05, 0) is 42.7 Å². The Kier molecular flexibility index (Phi) is 6.95. The Bertz CT molecular complexity index is 1010. The Hall–Kier alpha value is -3.67. The summed E-state index contributed by atoms with van der Waals surface area (Å²) in [6, 6.07) is 19.2. The SMILES string of the molecule is CCCOc1ccccc1-c1cc(C(=O)N/N=C\C(C)=C\c2ccccc2)[nH]n1. The van der Waals surface area contributed by atoms with Crippen LogP contribution in [0.3, 0.4) is 0 Å². The number of hydrogen-bond donors (Lipinski definition) is 2. The number of para-hydroxylation sites is 1. The molecule has 0 unspecified atom stereocenters. The van der Waals surface area contributed by atoms with Crippen LogP contribution in [-0.2, 0) is 0 Å². The van der Waals surface area contributed by atoms with Gasteiger partial charge in [0, 0.05) is 5.56 Å². The topological polar surface area (TPSA) is 79.4 Å². The number of carbonyl (C=O) groups is 1. The van der Waals surface area contributed by atoms with Gasteiger partial charge in [-0.15, -0.1) is 0 Å². The highest BCUT2D eigenvalue weighted by Gasteiger charge is 2.13. The summed E-state index contributed by atoms with van der Waals surface area (Å²) in [6.07, 6.45) is 4.51. The van der Waals surface area contributed by atoms with Crippen molar-refractivity contribution in [3.63, 3.8) is 0 Å². The fourth-order valence-electron chi connectivity index (χ4n) is 2.69. The second-order valence-electron chi connectivity index (χ2n) is 6.51. The van der Waals surface area contributed by atoms with E-state index in [1.54, 1.807) is 12.3 Å². The maximum atomic E-state index is 12.3. The van der Waals surface area contributed by atoms with Gasteiger partial charge in [0.1, 0.15) is 11.4 Å². The predicted octanol–water partition coefficient (Wildman–Crippen LogP) is 4.68. The zero-order valence-corrected chi connectivity index (χ0v) is 16.6. The van der Waals surface area contributed by atoms with Crippen molar-refractivity contribution in [2.24, 2.45) is 5.10 Å². The van der Waals surface area contributed by atoms with Gasteiger partial charge in [-0.2, -0.15) is 10.2 Å². The number of nitrogens with zero attached hydrogens (tertiary/aromatic N) is 2. The first-order valence-electron chi connectivity index (χ1n) is 9.51. The Morgan fingerprint density at radius 3 is 2.72 bits per heavy atom. The van der Waals surface area contributed by atoms with Gasteiger partial charge in [0.15, 0.2) is 0 Å². The normalized spacial score (nSPS) is 11.6. The van der Waals surface area contributed by atoms with E-state index in [9.17, 15) is 4.79 Å². The Morgan fingerprint density at radius 2 is 1.93 bits per heavy atom. The second kappa shape index (κ2) is 10.0. The third kappa shape index (κ3) is 5.65. The van der Waals surface area contributed by atoms with Crippen LogP contribution in [0.4, 0.5) is 0 Å². The average molecular weight is 388 g/mol. The van der Waals surface area contributed by atoms with Crippen LogP contribution in [0.1, 0.15) is 36.3 Å².